The fraction of sp³-hybridized carbons (Fsp3) is 0.571. The van der Waals surface area contributed by atoms with Crippen LogP contribution in [0.4, 0.5) is 0 Å². The highest BCUT2D eigenvalue weighted by atomic mass is 15.4. The highest BCUT2D eigenvalue weighted by molar-refractivity contribution is 5.37. The first-order valence-electron chi connectivity index (χ1n) is 6.62. The Morgan fingerprint density at radius 1 is 1.24 bits per heavy atom. The van der Waals surface area contributed by atoms with Gasteiger partial charge in [-0.3, -0.25) is 5.43 Å². The lowest BCUT2D eigenvalue weighted by molar-refractivity contribution is 0.444. The topological polar surface area (TPSA) is 50.1 Å². The molecule has 1 aliphatic heterocycles. The third-order valence-electron chi connectivity index (χ3n) is 4.29. The molecule has 3 rings (SSSR count). The molecule has 0 amide bonds. The predicted octanol–water partition coefficient (Wildman–Crippen LogP) is 1.29. The van der Waals surface area contributed by atoms with Crippen molar-refractivity contribution in [2.45, 2.75) is 38.3 Å². The number of fused-ring (bicyclic) bond motifs is 1. The van der Waals surface area contributed by atoms with Gasteiger partial charge in [0.2, 0.25) is 0 Å². The van der Waals surface area contributed by atoms with Gasteiger partial charge < -0.3 is 5.73 Å². The molecule has 1 saturated heterocycles. The van der Waals surface area contributed by atoms with E-state index in [0.29, 0.717) is 18.0 Å². The molecule has 3 unspecified atom stereocenters. The molecule has 0 saturated carbocycles. The maximum Gasteiger partial charge on any atom is 0.0518 e. The standard InChI is InChI=1S/C14H21N3/c1-9-13(8-15)14(17-16-9)12-6-5-10-3-2-4-11(10)7-12/h5-7,9,13-14,16-17H,2-4,8,15H2,1H3. The summed E-state index contributed by atoms with van der Waals surface area (Å²) < 4.78 is 0. The van der Waals surface area contributed by atoms with Crippen LogP contribution in [0.15, 0.2) is 18.2 Å². The maximum atomic E-state index is 5.88. The minimum atomic E-state index is 0.362. The summed E-state index contributed by atoms with van der Waals surface area (Å²) in [5.41, 5.74) is 17.0. The summed E-state index contributed by atoms with van der Waals surface area (Å²) in [6.07, 6.45) is 3.81. The highest BCUT2D eigenvalue weighted by Crippen LogP contribution is 2.31. The van der Waals surface area contributed by atoms with Gasteiger partial charge in [0.25, 0.3) is 0 Å². The normalized spacial score (nSPS) is 31.8. The highest BCUT2D eigenvalue weighted by Gasteiger charge is 2.33. The van der Waals surface area contributed by atoms with Crippen molar-refractivity contribution in [3.63, 3.8) is 0 Å². The summed E-state index contributed by atoms with van der Waals surface area (Å²) in [6.45, 7) is 2.92. The van der Waals surface area contributed by atoms with Crippen molar-refractivity contribution in [1.29, 1.82) is 0 Å². The largest absolute Gasteiger partial charge is 0.330 e. The summed E-state index contributed by atoms with van der Waals surface area (Å²) >= 11 is 0. The molecule has 17 heavy (non-hydrogen) atoms. The minimum absolute atomic E-state index is 0.362. The molecule has 0 radical (unpaired) electrons. The lowest BCUT2D eigenvalue weighted by Gasteiger charge is -2.20. The molecule has 1 heterocycles. The van der Waals surface area contributed by atoms with Crippen LogP contribution in [0, 0.1) is 5.92 Å². The Balaban J connectivity index is 1.89. The third kappa shape index (κ3) is 1.88. The van der Waals surface area contributed by atoms with Crippen LogP contribution in [0.2, 0.25) is 0 Å². The van der Waals surface area contributed by atoms with E-state index in [1.54, 1.807) is 5.56 Å². The number of nitrogens with two attached hydrogens (primary N) is 1. The maximum absolute atomic E-state index is 5.88. The van der Waals surface area contributed by atoms with Crippen LogP contribution in [-0.2, 0) is 12.8 Å². The van der Waals surface area contributed by atoms with E-state index in [1.807, 2.05) is 0 Å². The van der Waals surface area contributed by atoms with Gasteiger partial charge in [-0.25, -0.2) is 5.43 Å². The van der Waals surface area contributed by atoms with Crippen molar-refractivity contribution in [1.82, 2.24) is 10.9 Å². The molecule has 2 aliphatic rings. The fourth-order valence-electron chi connectivity index (χ4n) is 3.18. The molecule has 1 aliphatic carbocycles. The second-order valence-corrected chi connectivity index (χ2v) is 5.34. The van der Waals surface area contributed by atoms with Gasteiger partial charge in [0, 0.05) is 12.0 Å². The number of nitrogens with one attached hydrogen (secondary N) is 2. The molecule has 1 fully saturated rings. The van der Waals surface area contributed by atoms with E-state index in [4.69, 9.17) is 5.73 Å². The Labute approximate surface area is 103 Å². The van der Waals surface area contributed by atoms with E-state index in [9.17, 15) is 0 Å². The van der Waals surface area contributed by atoms with Gasteiger partial charge in [-0.1, -0.05) is 18.2 Å². The van der Waals surface area contributed by atoms with Gasteiger partial charge in [0.1, 0.15) is 0 Å². The Bertz CT molecular complexity index is 416. The van der Waals surface area contributed by atoms with Gasteiger partial charge in [-0.2, -0.15) is 0 Å². The SMILES string of the molecule is CC1NNC(c2ccc3c(c2)CCC3)C1CN. The van der Waals surface area contributed by atoms with Gasteiger partial charge in [0.15, 0.2) is 0 Å². The van der Waals surface area contributed by atoms with Crippen LogP contribution in [0.25, 0.3) is 0 Å². The van der Waals surface area contributed by atoms with E-state index < -0.39 is 0 Å². The number of benzene rings is 1. The second kappa shape index (κ2) is 4.41. The van der Waals surface area contributed by atoms with Gasteiger partial charge in [-0.15, -0.1) is 0 Å². The summed E-state index contributed by atoms with van der Waals surface area (Å²) in [4.78, 5) is 0. The molecule has 1 aromatic rings. The van der Waals surface area contributed by atoms with Crippen molar-refractivity contribution < 1.29 is 0 Å². The van der Waals surface area contributed by atoms with Crippen LogP contribution in [-0.4, -0.2) is 12.6 Å². The molecular weight excluding hydrogens is 210 g/mol. The van der Waals surface area contributed by atoms with Crippen LogP contribution in [0.1, 0.15) is 36.1 Å². The fourth-order valence-corrected chi connectivity index (χ4v) is 3.18. The van der Waals surface area contributed by atoms with Crippen molar-refractivity contribution in [2.24, 2.45) is 11.7 Å². The zero-order valence-electron chi connectivity index (χ0n) is 10.4. The molecule has 0 spiro atoms. The van der Waals surface area contributed by atoms with E-state index >= 15 is 0 Å². The Kier molecular flexibility index (Phi) is 2.90. The Hall–Kier alpha value is -0.900. The zero-order chi connectivity index (χ0) is 11.8. The van der Waals surface area contributed by atoms with Crippen LogP contribution in [0.3, 0.4) is 0 Å². The number of rotatable bonds is 2. The smallest absolute Gasteiger partial charge is 0.0518 e. The minimum Gasteiger partial charge on any atom is -0.330 e. The summed E-state index contributed by atoms with van der Waals surface area (Å²) in [6, 6.07) is 7.75. The van der Waals surface area contributed by atoms with E-state index in [-0.39, 0.29) is 0 Å². The first-order chi connectivity index (χ1) is 8.29. The number of hydrazine groups is 1. The van der Waals surface area contributed by atoms with E-state index in [2.05, 4.69) is 36.0 Å². The molecule has 3 atom stereocenters. The molecule has 0 bridgehead atoms. The van der Waals surface area contributed by atoms with Gasteiger partial charge >= 0.3 is 0 Å². The van der Waals surface area contributed by atoms with Crippen molar-refractivity contribution >= 4 is 0 Å². The van der Waals surface area contributed by atoms with Crippen LogP contribution < -0.4 is 16.6 Å². The number of hydrogen-bond acceptors (Lipinski definition) is 3. The van der Waals surface area contributed by atoms with Crippen LogP contribution >= 0.6 is 0 Å². The first-order valence-corrected chi connectivity index (χ1v) is 6.62. The molecule has 1 aromatic carbocycles. The average Bonchev–Trinajstić information content (AvgIpc) is 2.93. The molecule has 3 nitrogen and oxygen atoms in total. The van der Waals surface area contributed by atoms with Crippen molar-refractivity contribution in [3.8, 4) is 0 Å². The Morgan fingerprint density at radius 2 is 2.06 bits per heavy atom. The third-order valence-corrected chi connectivity index (χ3v) is 4.29. The number of aryl methyl sites for hydroxylation is 2. The van der Waals surface area contributed by atoms with E-state index in [1.165, 1.54) is 30.4 Å². The lowest BCUT2D eigenvalue weighted by Crippen LogP contribution is -2.30. The van der Waals surface area contributed by atoms with Gasteiger partial charge in [-0.05, 0) is 49.4 Å². The summed E-state index contributed by atoms with van der Waals surface area (Å²) in [7, 11) is 0. The molecule has 3 heteroatoms. The zero-order valence-corrected chi connectivity index (χ0v) is 10.4. The number of hydrogen-bond donors (Lipinski definition) is 3. The van der Waals surface area contributed by atoms with Crippen molar-refractivity contribution in [3.05, 3.63) is 34.9 Å². The van der Waals surface area contributed by atoms with Gasteiger partial charge in [0.05, 0.1) is 6.04 Å². The average molecular weight is 231 g/mol. The molecule has 92 valence electrons. The monoisotopic (exact) mass is 231 g/mol. The molecule has 4 N–H and O–H groups in total. The predicted molar refractivity (Wildman–Crippen MR) is 69.5 cm³/mol. The second-order valence-electron chi connectivity index (χ2n) is 5.34. The summed E-state index contributed by atoms with van der Waals surface area (Å²) in [5, 5.41) is 0. The summed E-state index contributed by atoms with van der Waals surface area (Å²) in [5.74, 6) is 0.481. The van der Waals surface area contributed by atoms with Crippen molar-refractivity contribution in [2.75, 3.05) is 6.54 Å². The Morgan fingerprint density at radius 3 is 2.88 bits per heavy atom. The van der Waals surface area contributed by atoms with E-state index in [0.717, 1.165) is 6.54 Å². The van der Waals surface area contributed by atoms with Crippen LogP contribution in [0.5, 0.6) is 0 Å². The molecule has 0 aromatic heterocycles. The first kappa shape index (κ1) is 11.2. The molecular formula is C14H21N3. The lowest BCUT2D eigenvalue weighted by atomic mass is 9.89. The quantitative estimate of drug-likeness (QED) is 0.719.